The molecule has 1 aliphatic rings. The van der Waals surface area contributed by atoms with Crippen molar-refractivity contribution >= 4 is 51.6 Å². The number of imide groups is 1. The third-order valence-electron chi connectivity index (χ3n) is 3.99. The minimum absolute atomic E-state index is 0.132. The van der Waals surface area contributed by atoms with E-state index >= 15 is 0 Å². The van der Waals surface area contributed by atoms with Crippen LogP contribution in [-0.2, 0) is 27.2 Å². The lowest BCUT2D eigenvalue weighted by atomic mass is 10.1. The highest BCUT2D eigenvalue weighted by Crippen LogP contribution is 2.27. The van der Waals surface area contributed by atoms with Gasteiger partial charge in [-0.05, 0) is 18.4 Å². The van der Waals surface area contributed by atoms with Gasteiger partial charge in [0, 0.05) is 17.8 Å². The van der Waals surface area contributed by atoms with Crippen LogP contribution in [0.15, 0.2) is 11.4 Å². The van der Waals surface area contributed by atoms with Crippen LogP contribution in [-0.4, -0.2) is 48.6 Å². The number of anilines is 1. The maximum absolute atomic E-state index is 12.6. The zero-order chi connectivity index (χ0) is 21.0. The molecule has 0 aromatic carbocycles. The van der Waals surface area contributed by atoms with Crippen molar-refractivity contribution in [3.63, 3.8) is 0 Å². The Kier molecular flexibility index (Phi) is 6.56. The van der Waals surface area contributed by atoms with Gasteiger partial charge in [-0.1, -0.05) is 0 Å². The highest BCUT2D eigenvalue weighted by atomic mass is 32.1. The van der Waals surface area contributed by atoms with Crippen molar-refractivity contribution in [1.82, 2.24) is 15.6 Å². The molecule has 0 saturated heterocycles. The summed E-state index contributed by atoms with van der Waals surface area (Å²) in [5.74, 6) is -1.54. The molecule has 3 N–H and O–H groups in total. The molecule has 1 aliphatic heterocycles. The summed E-state index contributed by atoms with van der Waals surface area (Å²) in [7, 11) is 1.32. The summed E-state index contributed by atoms with van der Waals surface area (Å²) >= 11 is 2.35. The number of carbonyl (C=O) groups is 4. The van der Waals surface area contributed by atoms with Crippen molar-refractivity contribution in [2.24, 2.45) is 0 Å². The Labute approximate surface area is 173 Å². The van der Waals surface area contributed by atoms with Crippen molar-refractivity contribution in [2.75, 3.05) is 19.0 Å². The van der Waals surface area contributed by atoms with Crippen molar-refractivity contribution in [3.05, 3.63) is 32.6 Å². The quantitative estimate of drug-likeness (QED) is 0.598. The summed E-state index contributed by atoms with van der Waals surface area (Å²) in [5.41, 5.74) is 0.811. The number of ether oxygens (including phenoxy) is 2. The molecule has 0 saturated carbocycles. The van der Waals surface area contributed by atoms with E-state index in [2.05, 4.69) is 25.7 Å². The van der Waals surface area contributed by atoms with Gasteiger partial charge in [0.05, 0.1) is 25.0 Å². The molecular formula is C17H18N4O6S2. The Hall–Kier alpha value is -2.83. The van der Waals surface area contributed by atoms with E-state index in [9.17, 15) is 19.2 Å². The van der Waals surface area contributed by atoms with E-state index in [4.69, 9.17) is 4.74 Å². The van der Waals surface area contributed by atoms with Crippen molar-refractivity contribution < 1.29 is 28.7 Å². The number of thiophene rings is 1. The lowest BCUT2D eigenvalue weighted by Crippen LogP contribution is -2.42. The Bertz CT molecular complexity index is 954. The van der Waals surface area contributed by atoms with Crippen LogP contribution >= 0.6 is 22.7 Å². The lowest BCUT2D eigenvalue weighted by molar-refractivity contribution is -0.143. The molecule has 2 aromatic rings. The van der Waals surface area contributed by atoms with Crippen molar-refractivity contribution in [2.45, 2.75) is 25.9 Å². The number of amides is 3. The van der Waals surface area contributed by atoms with E-state index in [1.165, 1.54) is 24.5 Å². The number of methoxy groups -OCH3 is 1. The number of nitrogens with zero attached hydrogens (tertiary/aromatic N) is 1. The average Bonchev–Trinajstić information content (AvgIpc) is 3.33. The molecule has 3 heterocycles. The van der Waals surface area contributed by atoms with Gasteiger partial charge in [0.25, 0.3) is 11.8 Å². The minimum atomic E-state index is -0.860. The van der Waals surface area contributed by atoms with E-state index in [1.54, 1.807) is 12.3 Å². The van der Waals surface area contributed by atoms with Crippen LogP contribution < -0.4 is 16.0 Å². The molecule has 2 aromatic heterocycles. The molecule has 0 fully saturated rings. The Morgan fingerprint density at radius 3 is 2.83 bits per heavy atom. The van der Waals surface area contributed by atoms with Crippen LogP contribution in [0, 0.1) is 0 Å². The first kappa shape index (κ1) is 20.9. The van der Waals surface area contributed by atoms with Gasteiger partial charge in [0.2, 0.25) is 0 Å². The Morgan fingerprint density at radius 1 is 1.31 bits per heavy atom. The van der Waals surface area contributed by atoms with Gasteiger partial charge in [-0.15, -0.1) is 22.7 Å². The van der Waals surface area contributed by atoms with E-state index < -0.39 is 23.9 Å². The van der Waals surface area contributed by atoms with Gasteiger partial charge in [-0.25, -0.2) is 9.78 Å². The highest BCUT2D eigenvalue weighted by Gasteiger charge is 2.29. The van der Waals surface area contributed by atoms with Gasteiger partial charge in [-0.3, -0.25) is 25.0 Å². The third-order valence-corrected chi connectivity index (χ3v) is 5.92. The number of hydrogen-bond donors (Lipinski definition) is 3. The molecular weight excluding hydrogens is 420 g/mol. The highest BCUT2D eigenvalue weighted by molar-refractivity contribution is 7.15. The molecule has 10 nitrogen and oxygen atoms in total. The second kappa shape index (κ2) is 9.11. The van der Waals surface area contributed by atoms with Gasteiger partial charge in [0.1, 0.15) is 11.0 Å². The fourth-order valence-corrected chi connectivity index (χ4v) is 4.35. The van der Waals surface area contributed by atoms with Crippen LogP contribution in [0.5, 0.6) is 0 Å². The Balaban J connectivity index is 1.69. The monoisotopic (exact) mass is 438 g/mol. The summed E-state index contributed by atoms with van der Waals surface area (Å²) in [5, 5.41) is 9.90. The number of carbonyl (C=O) groups excluding carboxylic acids is 4. The molecule has 1 atom stereocenters. The number of thiazole rings is 1. The topological polar surface area (TPSA) is 136 Å². The lowest BCUT2D eigenvalue weighted by Gasteiger charge is -2.20. The number of hydrogen-bond acceptors (Lipinski definition) is 10. The SMILES string of the molecule is CCOC(=O)NC(=O)c1ccsc1NC(=O)c1nc2c(s1)CNC(C(=O)OC)C2. The van der Waals surface area contributed by atoms with Gasteiger partial charge < -0.3 is 14.8 Å². The average molecular weight is 438 g/mol. The van der Waals surface area contributed by atoms with Crippen molar-refractivity contribution in [1.29, 1.82) is 0 Å². The summed E-state index contributed by atoms with van der Waals surface area (Å²) in [6.07, 6.45) is -0.529. The molecule has 0 spiro atoms. The summed E-state index contributed by atoms with van der Waals surface area (Å²) < 4.78 is 9.41. The van der Waals surface area contributed by atoms with Gasteiger partial charge in [-0.2, -0.15) is 0 Å². The zero-order valence-electron chi connectivity index (χ0n) is 15.6. The maximum Gasteiger partial charge on any atom is 0.414 e. The largest absolute Gasteiger partial charge is 0.468 e. The maximum atomic E-state index is 12.6. The first-order valence-corrected chi connectivity index (χ1v) is 10.3. The number of esters is 1. The number of aromatic nitrogens is 1. The summed E-state index contributed by atoms with van der Waals surface area (Å²) in [6.45, 7) is 2.16. The first-order chi connectivity index (χ1) is 13.9. The molecule has 1 unspecified atom stereocenters. The van der Waals surface area contributed by atoms with Gasteiger partial charge >= 0.3 is 12.1 Å². The van der Waals surface area contributed by atoms with Gasteiger partial charge in [0.15, 0.2) is 5.01 Å². The summed E-state index contributed by atoms with van der Waals surface area (Å²) in [4.78, 5) is 53.1. The van der Waals surface area contributed by atoms with E-state index in [-0.39, 0.29) is 28.1 Å². The molecule has 3 amide bonds. The molecule has 0 bridgehead atoms. The number of nitrogens with one attached hydrogen (secondary N) is 3. The number of rotatable bonds is 5. The van der Waals surface area contributed by atoms with Crippen LogP contribution in [0.3, 0.4) is 0 Å². The van der Waals surface area contributed by atoms with Crippen LogP contribution in [0.1, 0.15) is 37.7 Å². The fourth-order valence-electron chi connectivity index (χ4n) is 2.64. The second-order valence-corrected chi connectivity index (χ2v) is 7.84. The predicted octanol–water partition coefficient (Wildman–Crippen LogP) is 1.53. The van der Waals surface area contributed by atoms with E-state index in [1.807, 2.05) is 0 Å². The minimum Gasteiger partial charge on any atom is -0.468 e. The third kappa shape index (κ3) is 4.78. The Morgan fingerprint density at radius 2 is 2.10 bits per heavy atom. The van der Waals surface area contributed by atoms with Crippen LogP contribution in [0.25, 0.3) is 0 Å². The van der Waals surface area contributed by atoms with Crippen LogP contribution in [0.4, 0.5) is 9.80 Å². The standard InChI is InChI=1S/C17H18N4O6S2/c1-3-27-17(25)21-12(22)8-4-5-28-14(8)20-13(23)15-19-9-6-10(16(24)26-2)18-7-11(9)29-15/h4-5,10,18H,3,6-7H2,1-2H3,(H,20,23)(H,21,22,25). The predicted molar refractivity (Wildman–Crippen MR) is 105 cm³/mol. The zero-order valence-corrected chi connectivity index (χ0v) is 17.2. The summed E-state index contributed by atoms with van der Waals surface area (Å²) in [6, 6.07) is 0.994. The van der Waals surface area contributed by atoms with Crippen LogP contribution in [0.2, 0.25) is 0 Å². The molecule has 12 heteroatoms. The fraction of sp³-hybridized carbons (Fsp3) is 0.353. The molecule has 0 radical (unpaired) electrons. The molecule has 29 heavy (non-hydrogen) atoms. The normalized spacial score (nSPS) is 15.2. The van der Waals surface area contributed by atoms with E-state index in [0.717, 1.165) is 16.2 Å². The number of alkyl carbamates (subject to hydrolysis) is 1. The molecule has 3 rings (SSSR count). The second-order valence-electron chi connectivity index (χ2n) is 5.84. The smallest absolute Gasteiger partial charge is 0.414 e. The van der Waals surface area contributed by atoms with Crippen molar-refractivity contribution in [3.8, 4) is 0 Å². The number of fused-ring (bicyclic) bond motifs is 1. The van der Waals surface area contributed by atoms with E-state index in [0.29, 0.717) is 18.7 Å². The molecule has 0 aliphatic carbocycles. The first-order valence-electron chi connectivity index (χ1n) is 8.59. The molecule has 154 valence electrons.